The van der Waals surface area contributed by atoms with Gasteiger partial charge in [0.2, 0.25) is 0 Å². The molecule has 1 unspecified atom stereocenters. The highest BCUT2D eigenvalue weighted by Gasteiger charge is 2.23. The van der Waals surface area contributed by atoms with Gasteiger partial charge in [0.15, 0.2) is 0 Å². The highest BCUT2D eigenvalue weighted by molar-refractivity contribution is 9.11. The maximum atomic E-state index is 3.64. The molecule has 0 saturated carbocycles. The van der Waals surface area contributed by atoms with Gasteiger partial charge in [-0.05, 0) is 53.5 Å². The largest absolute Gasteiger partial charge is 0.369 e. The summed E-state index contributed by atoms with van der Waals surface area (Å²) in [7, 11) is 0. The van der Waals surface area contributed by atoms with Gasteiger partial charge in [-0.2, -0.15) is 0 Å². The van der Waals surface area contributed by atoms with Crippen molar-refractivity contribution in [1.29, 1.82) is 0 Å². The second-order valence-electron chi connectivity index (χ2n) is 4.48. The van der Waals surface area contributed by atoms with Crippen LogP contribution in [0.25, 0.3) is 0 Å². The molecule has 1 aromatic rings. The molecule has 1 aliphatic heterocycles. The van der Waals surface area contributed by atoms with Gasteiger partial charge in [0.25, 0.3) is 0 Å². The molecule has 0 aliphatic carbocycles. The van der Waals surface area contributed by atoms with E-state index >= 15 is 0 Å². The van der Waals surface area contributed by atoms with Crippen molar-refractivity contribution in [2.75, 3.05) is 24.5 Å². The lowest BCUT2D eigenvalue weighted by Gasteiger charge is -2.20. The number of halogens is 2. The normalized spacial score (nSPS) is 19.9. The van der Waals surface area contributed by atoms with E-state index in [2.05, 4.69) is 67.2 Å². The maximum absolute atomic E-state index is 3.64. The second kappa shape index (κ2) is 6.21. The molecule has 0 radical (unpaired) electrons. The van der Waals surface area contributed by atoms with Crippen molar-refractivity contribution in [2.45, 2.75) is 25.8 Å². The Labute approximate surface area is 120 Å². The van der Waals surface area contributed by atoms with Gasteiger partial charge in [-0.1, -0.05) is 22.9 Å². The SMILES string of the molecule is CCCNC1CCN(c2ccc(Br)cc2Br)C1. The van der Waals surface area contributed by atoms with E-state index < -0.39 is 0 Å². The summed E-state index contributed by atoms with van der Waals surface area (Å²) >= 11 is 7.13. The van der Waals surface area contributed by atoms with Crippen LogP contribution in [-0.4, -0.2) is 25.7 Å². The van der Waals surface area contributed by atoms with Crippen LogP contribution in [0, 0.1) is 0 Å². The number of hydrogen-bond acceptors (Lipinski definition) is 2. The lowest BCUT2D eigenvalue weighted by atomic mass is 10.2. The maximum Gasteiger partial charge on any atom is 0.0511 e. The Morgan fingerprint density at radius 1 is 1.41 bits per heavy atom. The molecule has 4 heteroatoms. The third-order valence-electron chi connectivity index (χ3n) is 3.12. The third-order valence-corrected chi connectivity index (χ3v) is 4.25. The molecule has 1 aromatic carbocycles. The van der Waals surface area contributed by atoms with Gasteiger partial charge in [0.1, 0.15) is 0 Å². The molecule has 17 heavy (non-hydrogen) atoms. The fourth-order valence-electron chi connectivity index (χ4n) is 2.23. The van der Waals surface area contributed by atoms with Crippen LogP contribution < -0.4 is 10.2 Å². The standard InChI is InChI=1S/C13H18Br2N2/c1-2-6-16-11-5-7-17(9-11)13-4-3-10(14)8-12(13)15/h3-4,8,11,16H,2,5-7,9H2,1H3. The first kappa shape index (κ1) is 13.4. The summed E-state index contributed by atoms with van der Waals surface area (Å²) in [6.45, 7) is 5.59. The van der Waals surface area contributed by atoms with Crippen molar-refractivity contribution >= 4 is 37.5 Å². The van der Waals surface area contributed by atoms with Crippen LogP contribution in [0.15, 0.2) is 27.1 Å². The van der Waals surface area contributed by atoms with E-state index in [4.69, 9.17) is 0 Å². The molecule has 0 aromatic heterocycles. The van der Waals surface area contributed by atoms with Crippen molar-refractivity contribution in [1.82, 2.24) is 5.32 Å². The quantitative estimate of drug-likeness (QED) is 0.877. The molecule has 0 bridgehead atoms. The molecule has 1 saturated heterocycles. The summed E-state index contributed by atoms with van der Waals surface area (Å²) in [5.41, 5.74) is 1.30. The van der Waals surface area contributed by atoms with E-state index in [1.165, 1.54) is 23.0 Å². The van der Waals surface area contributed by atoms with Crippen LogP contribution in [0.2, 0.25) is 0 Å². The minimum Gasteiger partial charge on any atom is -0.369 e. The number of hydrogen-bond donors (Lipinski definition) is 1. The lowest BCUT2D eigenvalue weighted by molar-refractivity contribution is 0.549. The minimum absolute atomic E-state index is 0.644. The zero-order valence-corrected chi connectivity index (χ0v) is 13.2. The fraction of sp³-hybridized carbons (Fsp3) is 0.538. The average molecular weight is 362 g/mol. The first-order chi connectivity index (χ1) is 8.20. The average Bonchev–Trinajstić information content (AvgIpc) is 2.75. The summed E-state index contributed by atoms with van der Waals surface area (Å²) in [5, 5.41) is 3.60. The van der Waals surface area contributed by atoms with Gasteiger partial charge < -0.3 is 10.2 Å². The summed E-state index contributed by atoms with van der Waals surface area (Å²) in [6, 6.07) is 7.04. The van der Waals surface area contributed by atoms with Gasteiger partial charge >= 0.3 is 0 Å². The molecule has 94 valence electrons. The van der Waals surface area contributed by atoms with Gasteiger partial charge in [-0.15, -0.1) is 0 Å². The zero-order valence-electron chi connectivity index (χ0n) is 10.0. The van der Waals surface area contributed by atoms with E-state index in [-0.39, 0.29) is 0 Å². The first-order valence-electron chi connectivity index (χ1n) is 6.14. The van der Waals surface area contributed by atoms with Gasteiger partial charge in [0, 0.05) is 28.1 Å². The van der Waals surface area contributed by atoms with Crippen molar-refractivity contribution < 1.29 is 0 Å². The van der Waals surface area contributed by atoms with Crippen molar-refractivity contribution in [3.05, 3.63) is 27.1 Å². The van der Waals surface area contributed by atoms with Crippen molar-refractivity contribution in [3.63, 3.8) is 0 Å². The summed E-state index contributed by atoms with van der Waals surface area (Å²) < 4.78 is 2.29. The van der Waals surface area contributed by atoms with Crippen LogP contribution in [0.1, 0.15) is 19.8 Å². The predicted molar refractivity (Wildman–Crippen MR) is 80.8 cm³/mol. The van der Waals surface area contributed by atoms with Gasteiger partial charge in [0.05, 0.1) is 5.69 Å². The van der Waals surface area contributed by atoms with Crippen molar-refractivity contribution in [3.8, 4) is 0 Å². The second-order valence-corrected chi connectivity index (χ2v) is 6.25. The molecule has 2 rings (SSSR count). The molecule has 1 aliphatic rings. The Balaban J connectivity index is 2.00. The lowest BCUT2D eigenvalue weighted by Crippen LogP contribution is -2.33. The molecule has 0 amide bonds. The van der Waals surface area contributed by atoms with E-state index in [1.807, 2.05) is 0 Å². The first-order valence-corrected chi connectivity index (χ1v) is 7.72. The Kier molecular flexibility index (Phi) is 4.88. The third kappa shape index (κ3) is 3.46. The summed E-state index contributed by atoms with van der Waals surface area (Å²) in [6.07, 6.45) is 2.45. The van der Waals surface area contributed by atoms with E-state index in [1.54, 1.807) is 0 Å². The smallest absolute Gasteiger partial charge is 0.0511 e. The van der Waals surface area contributed by atoms with Crippen LogP contribution >= 0.6 is 31.9 Å². The fourth-order valence-corrected chi connectivity index (χ4v) is 3.53. The van der Waals surface area contributed by atoms with Crippen LogP contribution in [0.5, 0.6) is 0 Å². The Morgan fingerprint density at radius 2 is 2.24 bits per heavy atom. The number of nitrogens with zero attached hydrogens (tertiary/aromatic N) is 1. The molecular formula is C13H18Br2N2. The number of anilines is 1. The molecule has 1 fully saturated rings. The number of nitrogens with one attached hydrogen (secondary N) is 1. The Bertz CT molecular complexity index is 382. The summed E-state index contributed by atoms with van der Waals surface area (Å²) in [5.74, 6) is 0. The van der Waals surface area contributed by atoms with Crippen LogP contribution in [-0.2, 0) is 0 Å². The molecule has 1 atom stereocenters. The Hall–Kier alpha value is -0.0600. The molecule has 0 spiro atoms. The highest BCUT2D eigenvalue weighted by atomic mass is 79.9. The minimum atomic E-state index is 0.644. The number of rotatable bonds is 4. The monoisotopic (exact) mass is 360 g/mol. The molecule has 1 N–H and O–H groups in total. The van der Waals surface area contributed by atoms with E-state index in [0.29, 0.717) is 6.04 Å². The Morgan fingerprint density at radius 3 is 2.94 bits per heavy atom. The summed E-state index contributed by atoms with van der Waals surface area (Å²) in [4.78, 5) is 2.45. The van der Waals surface area contributed by atoms with E-state index in [9.17, 15) is 0 Å². The van der Waals surface area contributed by atoms with Crippen LogP contribution in [0.4, 0.5) is 5.69 Å². The van der Waals surface area contributed by atoms with Gasteiger partial charge in [-0.3, -0.25) is 0 Å². The zero-order chi connectivity index (χ0) is 12.3. The number of benzene rings is 1. The predicted octanol–water partition coefficient (Wildman–Crippen LogP) is 3.79. The highest BCUT2D eigenvalue weighted by Crippen LogP contribution is 2.31. The molecular weight excluding hydrogens is 344 g/mol. The van der Waals surface area contributed by atoms with Crippen molar-refractivity contribution in [2.24, 2.45) is 0 Å². The van der Waals surface area contributed by atoms with Gasteiger partial charge in [-0.25, -0.2) is 0 Å². The topological polar surface area (TPSA) is 15.3 Å². The van der Waals surface area contributed by atoms with Crippen LogP contribution in [0.3, 0.4) is 0 Å². The molecule has 1 heterocycles. The van der Waals surface area contributed by atoms with E-state index in [0.717, 1.165) is 24.1 Å². The molecule has 2 nitrogen and oxygen atoms in total.